The molecular weight excluding hydrogens is 698 g/mol. The second-order valence-electron chi connectivity index (χ2n) is 11.0. The molecule has 12 heteroatoms. The first-order valence-corrected chi connectivity index (χ1v) is 16.7. The van der Waals surface area contributed by atoms with E-state index in [4.69, 9.17) is 23.7 Å². The number of halogens is 1. The van der Waals surface area contributed by atoms with Gasteiger partial charge in [-0.3, -0.25) is 9.36 Å². The summed E-state index contributed by atoms with van der Waals surface area (Å²) in [6.07, 6.45) is 1.62. The topological polar surface area (TPSA) is 121 Å². The Labute approximate surface area is 290 Å². The van der Waals surface area contributed by atoms with Gasteiger partial charge in [0.05, 0.1) is 60.4 Å². The minimum atomic E-state index is -0.848. The molecular formula is C36H34BrN3O7S. The van der Waals surface area contributed by atoms with Crippen molar-refractivity contribution in [3.05, 3.63) is 112 Å². The van der Waals surface area contributed by atoms with Gasteiger partial charge in [-0.1, -0.05) is 51.5 Å². The fourth-order valence-electron chi connectivity index (χ4n) is 5.36. The monoisotopic (exact) mass is 731 g/mol. The highest BCUT2D eigenvalue weighted by molar-refractivity contribution is 9.10. The molecule has 0 N–H and O–H groups in total. The van der Waals surface area contributed by atoms with Gasteiger partial charge in [0.2, 0.25) is 0 Å². The van der Waals surface area contributed by atoms with Crippen molar-refractivity contribution in [2.45, 2.75) is 46.4 Å². The van der Waals surface area contributed by atoms with Crippen molar-refractivity contribution in [2.24, 2.45) is 4.99 Å². The fourth-order valence-corrected chi connectivity index (χ4v) is 6.85. The average molecular weight is 733 g/mol. The summed E-state index contributed by atoms with van der Waals surface area (Å²) < 4.78 is 31.5. The van der Waals surface area contributed by atoms with Crippen molar-refractivity contribution in [1.29, 1.82) is 5.26 Å². The molecule has 0 saturated heterocycles. The maximum atomic E-state index is 14.3. The van der Waals surface area contributed by atoms with Gasteiger partial charge in [-0.2, -0.15) is 5.26 Å². The molecule has 1 aromatic heterocycles. The molecule has 0 aliphatic carbocycles. The van der Waals surface area contributed by atoms with Crippen LogP contribution in [0.2, 0.25) is 0 Å². The van der Waals surface area contributed by atoms with Crippen LogP contribution in [-0.4, -0.2) is 37.5 Å². The number of carbonyl (C=O) groups excluding carboxylic acids is 1. The van der Waals surface area contributed by atoms with E-state index >= 15 is 0 Å². The van der Waals surface area contributed by atoms with Gasteiger partial charge in [0.25, 0.3) is 5.56 Å². The van der Waals surface area contributed by atoms with E-state index in [9.17, 15) is 14.9 Å². The van der Waals surface area contributed by atoms with E-state index in [1.807, 2.05) is 38.1 Å². The Balaban J connectivity index is 1.68. The zero-order valence-electron chi connectivity index (χ0n) is 27.3. The molecule has 5 rings (SSSR count). The lowest BCUT2D eigenvalue weighted by Gasteiger charge is -2.25. The molecule has 2 heterocycles. The van der Waals surface area contributed by atoms with Crippen LogP contribution in [0.25, 0.3) is 6.08 Å². The highest BCUT2D eigenvalue weighted by Gasteiger charge is 2.34. The number of hydrogen-bond acceptors (Lipinski definition) is 10. The lowest BCUT2D eigenvalue weighted by atomic mass is 9.95. The third kappa shape index (κ3) is 7.02. The Hall–Kier alpha value is -4.86. The molecule has 0 amide bonds. The van der Waals surface area contributed by atoms with Crippen LogP contribution < -0.4 is 33.8 Å². The second-order valence-corrected chi connectivity index (χ2v) is 12.9. The van der Waals surface area contributed by atoms with Crippen molar-refractivity contribution in [1.82, 2.24) is 4.57 Å². The Morgan fingerprint density at radius 1 is 1.10 bits per heavy atom. The van der Waals surface area contributed by atoms with Gasteiger partial charge in [0.15, 0.2) is 27.8 Å². The van der Waals surface area contributed by atoms with E-state index in [0.717, 1.165) is 0 Å². The van der Waals surface area contributed by atoms with Gasteiger partial charge in [0.1, 0.15) is 6.61 Å². The normalized spacial score (nSPS) is 14.2. The highest BCUT2D eigenvalue weighted by atomic mass is 79.9. The molecule has 0 fully saturated rings. The number of ether oxygens (including phenoxy) is 5. The summed E-state index contributed by atoms with van der Waals surface area (Å²) in [4.78, 5) is 32.8. The molecule has 3 aromatic carbocycles. The summed E-state index contributed by atoms with van der Waals surface area (Å²) in [5.74, 6) is 1.26. The van der Waals surface area contributed by atoms with Gasteiger partial charge in [0, 0.05) is 15.6 Å². The molecule has 248 valence electrons. The third-order valence-corrected chi connectivity index (χ3v) is 8.89. The van der Waals surface area contributed by atoms with Crippen molar-refractivity contribution < 1.29 is 28.5 Å². The molecule has 1 aliphatic heterocycles. The summed E-state index contributed by atoms with van der Waals surface area (Å²) in [6.45, 7) is 7.54. The van der Waals surface area contributed by atoms with Crippen molar-refractivity contribution in [3.8, 4) is 29.1 Å². The number of hydrogen-bond donors (Lipinski definition) is 0. The maximum absolute atomic E-state index is 14.3. The highest BCUT2D eigenvalue weighted by Crippen LogP contribution is 2.38. The van der Waals surface area contributed by atoms with Crippen molar-refractivity contribution in [3.63, 3.8) is 0 Å². The van der Waals surface area contributed by atoms with Crippen LogP contribution in [0.4, 0.5) is 0 Å². The first-order valence-electron chi connectivity index (χ1n) is 15.1. The number of thiazole rings is 1. The molecule has 4 aromatic rings. The number of rotatable bonds is 11. The van der Waals surface area contributed by atoms with Crippen LogP contribution in [0.3, 0.4) is 0 Å². The van der Waals surface area contributed by atoms with Crippen LogP contribution in [-0.2, 0) is 16.1 Å². The largest absolute Gasteiger partial charge is 0.493 e. The molecule has 48 heavy (non-hydrogen) atoms. The van der Waals surface area contributed by atoms with Gasteiger partial charge in [-0.25, -0.2) is 9.79 Å². The first kappa shape index (κ1) is 34.5. The number of allylic oxidation sites excluding steroid dienone is 1. The van der Waals surface area contributed by atoms with E-state index < -0.39 is 12.0 Å². The number of aromatic nitrogens is 1. The van der Waals surface area contributed by atoms with Gasteiger partial charge in [-0.05, 0) is 69.7 Å². The Bertz CT molecular complexity index is 2130. The maximum Gasteiger partial charge on any atom is 0.338 e. The van der Waals surface area contributed by atoms with E-state index in [2.05, 4.69) is 27.0 Å². The van der Waals surface area contributed by atoms with Gasteiger partial charge < -0.3 is 23.7 Å². The summed E-state index contributed by atoms with van der Waals surface area (Å²) in [6, 6.07) is 17.4. The minimum Gasteiger partial charge on any atom is -0.493 e. The van der Waals surface area contributed by atoms with E-state index in [1.165, 1.54) is 30.1 Å². The Morgan fingerprint density at radius 2 is 1.85 bits per heavy atom. The van der Waals surface area contributed by atoms with Crippen LogP contribution in [0.1, 0.15) is 56.0 Å². The molecule has 1 aliphatic rings. The average Bonchev–Trinajstić information content (AvgIpc) is 3.37. The number of methoxy groups -OCH3 is 2. The Morgan fingerprint density at radius 3 is 2.54 bits per heavy atom. The first-order chi connectivity index (χ1) is 23.1. The van der Waals surface area contributed by atoms with E-state index in [0.29, 0.717) is 64.8 Å². The molecule has 0 bridgehead atoms. The lowest BCUT2D eigenvalue weighted by molar-refractivity contribution is -0.139. The number of carbonyl (C=O) groups is 1. The predicted octanol–water partition coefficient (Wildman–Crippen LogP) is 5.82. The summed E-state index contributed by atoms with van der Waals surface area (Å²) >= 11 is 4.73. The molecule has 0 spiro atoms. The number of fused-ring (bicyclic) bond motifs is 1. The Kier molecular flexibility index (Phi) is 10.7. The lowest BCUT2D eigenvalue weighted by Crippen LogP contribution is -2.40. The van der Waals surface area contributed by atoms with Crippen molar-refractivity contribution >= 4 is 39.3 Å². The fraction of sp³-hybridized carbons (Fsp3) is 0.278. The standard InChI is InChI=1S/C36H34BrN3O7S/c1-7-45-35(42)31-21(4)39-36-40(32(31)22-12-13-27(47-20(2)3)28(15-22)43-5)34(41)30(48-36)16-25-14-26(37)17-29(44-6)33(25)46-19-24-11-9-8-10-23(24)18-38/h8-17,20,32H,7,19H2,1-6H3/b30-16+/t32-/m1/s1. The molecule has 1 atom stereocenters. The molecule has 0 radical (unpaired) electrons. The van der Waals surface area contributed by atoms with Gasteiger partial charge in [-0.15, -0.1) is 0 Å². The number of esters is 1. The second kappa shape index (κ2) is 14.9. The SMILES string of the molecule is CCOC(=O)C1=C(C)N=c2s/c(=C/c3cc(Br)cc(OC)c3OCc3ccccc3C#N)c(=O)n2[C@@H]1c1ccc(OC(C)C)c(OC)c1. The number of nitriles is 1. The van der Waals surface area contributed by atoms with Gasteiger partial charge >= 0.3 is 5.97 Å². The van der Waals surface area contributed by atoms with Crippen LogP contribution in [0.15, 0.2) is 80.1 Å². The smallest absolute Gasteiger partial charge is 0.338 e. The summed E-state index contributed by atoms with van der Waals surface area (Å²) in [5.41, 5.74) is 2.72. The molecule has 10 nitrogen and oxygen atoms in total. The van der Waals surface area contributed by atoms with Crippen LogP contribution in [0.5, 0.6) is 23.0 Å². The third-order valence-electron chi connectivity index (χ3n) is 7.45. The van der Waals surface area contributed by atoms with Crippen LogP contribution in [0, 0.1) is 11.3 Å². The van der Waals surface area contributed by atoms with Crippen molar-refractivity contribution in [2.75, 3.05) is 20.8 Å². The number of benzene rings is 3. The molecule has 0 saturated carbocycles. The minimum absolute atomic E-state index is 0.0914. The molecule has 0 unspecified atom stereocenters. The predicted molar refractivity (Wildman–Crippen MR) is 185 cm³/mol. The quantitative estimate of drug-likeness (QED) is 0.177. The van der Waals surface area contributed by atoms with E-state index in [-0.39, 0.29) is 30.5 Å². The number of nitrogens with zero attached hydrogens (tertiary/aromatic N) is 3. The summed E-state index contributed by atoms with van der Waals surface area (Å²) in [7, 11) is 3.07. The summed E-state index contributed by atoms with van der Waals surface area (Å²) in [5, 5.41) is 9.56. The van der Waals surface area contributed by atoms with E-state index in [1.54, 1.807) is 50.3 Å². The zero-order chi connectivity index (χ0) is 34.5. The zero-order valence-corrected chi connectivity index (χ0v) is 29.7. The van der Waals surface area contributed by atoms with Crippen LogP contribution >= 0.6 is 27.3 Å².